The molecule has 0 saturated carbocycles. The average Bonchev–Trinajstić information content (AvgIpc) is 3.07. The maximum atomic E-state index is 13.0. The van der Waals surface area contributed by atoms with Gasteiger partial charge in [-0.2, -0.15) is 0 Å². The zero-order valence-corrected chi connectivity index (χ0v) is 19.3. The average molecular weight is 449 g/mol. The highest BCUT2D eigenvalue weighted by molar-refractivity contribution is 6.06. The lowest BCUT2D eigenvalue weighted by molar-refractivity contribution is -0.118. The van der Waals surface area contributed by atoms with Crippen LogP contribution in [-0.2, 0) is 9.53 Å². The van der Waals surface area contributed by atoms with Gasteiger partial charge in [-0.1, -0.05) is 18.2 Å². The van der Waals surface area contributed by atoms with Crippen molar-refractivity contribution in [1.29, 1.82) is 0 Å². The number of ether oxygens (including phenoxy) is 3. The summed E-state index contributed by atoms with van der Waals surface area (Å²) >= 11 is 0. The Labute approximate surface area is 193 Å². The van der Waals surface area contributed by atoms with Crippen molar-refractivity contribution in [3.8, 4) is 22.6 Å². The third kappa shape index (κ3) is 5.22. The molecule has 1 atom stereocenters. The number of carbonyl (C=O) groups excluding carboxylic acids is 3. The summed E-state index contributed by atoms with van der Waals surface area (Å²) in [6, 6.07) is 15.8. The van der Waals surface area contributed by atoms with E-state index >= 15 is 0 Å². The molecule has 0 aliphatic heterocycles. The summed E-state index contributed by atoms with van der Waals surface area (Å²) in [6.45, 7) is 5.67. The van der Waals surface area contributed by atoms with Gasteiger partial charge in [0.1, 0.15) is 17.3 Å². The molecule has 3 rings (SSSR count). The lowest BCUT2D eigenvalue weighted by atomic mass is 9.87. The third-order valence-corrected chi connectivity index (χ3v) is 5.48. The molecule has 33 heavy (non-hydrogen) atoms. The van der Waals surface area contributed by atoms with Gasteiger partial charge in [-0.05, 0) is 62.7 Å². The summed E-state index contributed by atoms with van der Waals surface area (Å²) in [7, 11) is 1.55. The first-order valence-electron chi connectivity index (χ1n) is 10.9. The predicted molar refractivity (Wildman–Crippen MR) is 126 cm³/mol. The Bertz CT molecular complexity index is 1120. The van der Waals surface area contributed by atoms with Crippen molar-refractivity contribution in [3.63, 3.8) is 0 Å². The number of methoxy groups -OCH3 is 1. The topological polar surface area (TPSA) is 78.9 Å². The lowest BCUT2D eigenvalue weighted by Gasteiger charge is -2.15. The first kappa shape index (κ1) is 24.0. The molecule has 0 radical (unpaired) electrons. The second-order valence-electron chi connectivity index (χ2n) is 7.56. The largest absolute Gasteiger partial charge is 0.497 e. The maximum Gasteiger partial charge on any atom is 0.339 e. The van der Waals surface area contributed by atoms with Crippen molar-refractivity contribution in [2.45, 2.75) is 33.1 Å². The molecule has 2 aliphatic carbocycles. The van der Waals surface area contributed by atoms with Gasteiger partial charge < -0.3 is 14.2 Å². The van der Waals surface area contributed by atoms with Crippen LogP contribution in [0.5, 0.6) is 11.5 Å². The molecule has 1 aromatic carbocycles. The van der Waals surface area contributed by atoms with Crippen LogP contribution in [0.25, 0.3) is 11.1 Å². The summed E-state index contributed by atoms with van der Waals surface area (Å²) in [5, 5.41) is 0. The van der Waals surface area contributed by atoms with Gasteiger partial charge in [-0.25, -0.2) is 4.79 Å². The van der Waals surface area contributed by atoms with E-state index in [1.807, 2.05) is 25.1 Å². The standard InChI is InChI=1S/C27H28O6/c1-5-32-25-10-8-7-9-20-22(25)15-23(26(20)27(30)33-6-2)21(17(3)28)16-24(29)18-11-13-19(31-4)14-12-18/h7-15,21H,5-6,16H2,1-4H3. The summed E-state index contributed by atoms with van der Waals surface area (Å²) in [4.78, 5) is 38.8. The minimum Gasteiger partial charge on any atom is -0.497 e. The van der Waals surface area contributed by atoms with Gasteiger partial charge in [0.15, 0.2) is 5.78 Å². The molecule has 0 N–H and O–H groups in total. The molecule has 172 valence electrons. The third-order valence-electron chi connectivity index (χ3n) is 5.48. The Morgan fingerprint density at radius 1 is 0.909 bits per heavy atom. The Morgan fingerprint density at radius 3 is 2.21 bits per heavy atom. The summed E-state index contributed by atoms with van der Waals surface area (Å²) < 4.78 is 16.3. The first-order valence-corrected chi connectivity index (χ1v) is 10.9. The molecular weight excluding hydrogens is 420 g/mol. The second-order valence-corrected chi connectivity index (χ2v) is 7.56. The molecule has 6 heteroatoms. The number of ketones is 2. The number of hydrogen-bond donors (Lipinski definition) is 0. The predicted octanol–water partition coefficient (Wildman–Crippen LogP) is 5.32. The van der Waals surface area contributed by atoms with Crippen LogP contribution in [0, 0.1) is 0 Å². The van der Waals surface area contributed by atoms with Crippen LogP contribution in [-0.4, -0.2) is 37.9 Å². The molecule has 0 heterocycles. The highest BCUT2D eigenvalue weighted by Gasteiger charge is 2.32. The van der Waals surface area contributed by atoms with E-state index in [4.69, 9.17) is 14.2 Å². The molecule has 2 aliphatic rings. The monoisotopic (exact) mass is 448 g/mol. The SMILES string of the molecule is CCOC(=O)c1c2ccccc(OCC)c-2cc1C(CC(=O)c1ccc(OC)cc1)C(C)=O. The number of benzene rings is 1. The lowest BCUT2D eigenvalue weighted by Crippen LogP contribution is -2.17. The van der Waals surface area contributed by atoms with Gasteiger partial charge in [0.2, 0.25) is 0 Å². The Hall–Kier alpha value is -3.67. The van der Waals surface area contributed by atoms with Gasteiger partial charge in [-0.15, -0.1) is 0 Å². The smallest absolute Gasteiger partial charge is 0.339 e. The summed E-state index contributed by atoms with van der Waals surface area (Å²) in [5.41, 5.74) is 2.57. The first-order chi connectivity index (χ1) is 15.9. The van der Waals surface area contributed by atoms with Crippen LogP contribution in [0.1, 0.15) is 59.4 Å². The Kier molecular flexibility index (Phi) is 7.83. The molecule has 0 spiro atoms. The Balaban J connectivity index is 2.11. The van der Waals surface area contributed by atoms with Crippen molar-refractivity contribution in [3.05, 3.63) is 71.3 Å². The maximum absolute atomic E-state index is 13.0. The van der Waals surface area contributed by atoms with E-state index in [0.29, 0.717) is 45.9 Å². The molecule has 0 amide bonds. The van der Waals surface area contributed by atoms with Crippen molar-refractivity contribution < 1.29 is 28.6 Å². The van der Waals surface area contributed by atoms with Crippen LogP contribution < -0.4 is 9.47 Å². The van der Waals surface area contributed by atoms with Crippen molar-refractivity contribution >= 4 is 17.5 Å². The van der Waals surface area contributed by atoms with E-state index in [1.165, 1.54) is 6.92 Å². The van der Waals surface area contributed by atoms with E-state index in [9.17, 15) is 14.4 Å². The zero-order valence-electron chi connectivity index (χ0n) is 19.3. The van der Waals surface area contributed by atoms with E-state index in [1.54, 1.807) is 50.4 Å². The highest BCUT2D eigenvalue weighted by Crippen LogP contribution is 2.42. The molecule has 0 saturated heterocycles. The molecule has 0 aromatic heterocycles. The number of rotatable bonds is 10. The fourth-order valence-electron chi connectivity index (χ4n) is 3.90. The molecule has 6 nitrogen and oxygen atoms in total. The van der Waals surface area contributed by atoms with Crippen molar-refractivity contribution in [2.24, 2.45) is 0 Å². The van der Waals surface area contributed by atoms with E-state index in [2.05, 4.69) is 0 Å². The van der Waals surface area contributed by atoms with Gasteiger partial charge in [-0.3, -0.25) is 9.59 Å². The molecule has 0 fully saturated rings. The molecular formula is C27H28O6. The quantitative estimate of drug-likeness (QED) is 0.308. The van der Waals surface area contributed by atoms with Gasteiger partial charge in [0.25, 0.3) is 0 Å². The Morgan fingerprint density at radius 2 is 1.61 bits per heavy atom. The van der Waals surface area contributed by atoms with Crippen LogP contribution in [0.4, 0.5) is 0 Å². The zero-order chi connectivity index (χ0) is 24.0. The van der Waals surface area contributed by atoms with Gasteiger partial charge in [0, 0.05) is 23.1 Å². The molecule has 1 unspecified atom stereocenters. The number of fused-ring (bicyclic) bond motifs is 1. The molecule has 1 aromatic rings. The normalized spacial score (nSPS) is 11.6. The van der Waals surface area contributed by atoms with E-state index < -0.39 is 11.9 Å². The number of esters is 1. The van der Waals surface area contributed by atoms with Crippen molar-refractivity contribution in [1.82, 2.24) is 0 Å². The second kappa shape index (κ2) is 10.8. The van der Waals surface area contributed by atoms with Crippen LogP contribution >= 0.6 is 0 Å². The van der Waals surface area contributed by atoms with E-state index in [0.717, 1.165) is 0 Å². The minimum absolute atomic E-state index is 0.0690. The van der Waals surface area contributed by atoms with Gasteiger partial charge in [0.05, 0.1) is 31.8 Å². The fraction of sp³-hybridized carbons (Fsp3) is 0.296. The van der Waals surface area contributed by atoms with Crippen LogP contribution in [0.15, 0.2) is 54.6 Å². The summed E-state index contributed by atoms with van der Waals surface area (Å²) in [6.07, 6.45) is -0.0690. The van der Waals surface area contributed by atoms with Crippen molar-refractivity contribution in [2.75, 3.05) is 20.3 Å². The minimum atomic E-state index is -0.800. The number of carbonyl (C=O) groups is 3. The van der Waals surface area contributed by atoms with Gasteiger partial charge >= 0.3 is 5.97 Å². The number of Topliss-reactive ketones (excluding diaryl/α,β-unsaturated/α-hetero) is 2. The number of hydrogen-bond acceptors (Lipinski definition) is 6. The van der Waals surface area contributed by atoms with Crippen LogP contribution in [0.3, 0.4) is 0 Å². The van der Waals surface area contributed by atoms with E-state index in [-0.39, 0.29) is 24.6 Å². The molecule has 0 bridgehead atoms. The summed E-state index contributed by atoms with van der Waals surface area (Å²) in [5.74, 6) is -0.505. The van der Waals surface area contributed by atoms with Crippen LogP contribution in [0.2, 0.25) is 0 Å². The highest BCUT2D eigenvalue weighted by atomic mass is 16.5. The fourth-order valence-corrected chi connectivity index (χ4v) is 3.90.